The SMILES string of the molecule is CCN(C)/C=N\c1cc(C)c(Oc2cccc(C[Si](C)(C)C)c2)cc1C. The van der Waals surface area contributed by atoms with Crippen LogP contribution in [-0.2, 0) is 6.04 Å². The van der Waals surface area contributed by atoms with E-state index in [2.05, 4.69) is 80.6 Å². The molecule has 0 aliphatic carbocycles. The number of hydrogen-bond acceptors (Lipinski definition) is 2. The first-order valence-electron chi connectivity index (χ1n) is 9.30. The zero-order valence-corrected chi connectivity index (χ0v) is 18.3. The third-order valence-corrected chi connectivity index (χ3v) is 5.72. The zero-order chi connectivity index (χ0) is 19.3. The molecule has 0 saturated carbocycles. The molecule has 26 heavy (non-hydrogen) atoms. The van der Waals surface area contributed by atoms with Crippen LogP contribution in [0.5, 0.6) is 11.5 Å². The fourth-order valence-corrected chi connectivity index (χ4v) is 4.17. The van der Waals surface area contributed by atoms with E-state index in [9.17, 15) is 0 Å². The maximum absolute atomic E-state index is 6.20. The van der Waals surface area contributed by atoms with Crippen molar-refractivity contribution >= 4 is 20.1 Å². The second-order valence-corrected chi connectivity index (χ2v) is 13.7. The molecule has 0 N–H and O–H groups in total. The van der Waals surface area contributed by atoms with Crippen LogP contribution in [0.4, 0.5) is 5.69 Å². The topological polar surface area (TPSA) is 24.8 Å². The maximum Gasteiger partial charge on any atom is 0.130 e. The van der Waals surface area contributed by atoms with Gasteiger partial charge >= 0.3 is 0 Å². The average Bonchev–Trinajstić information content (AvgIpc) is 2.55. The Hall–Kier alpha value is -2.07. The fourth-order valence-electron chi connectivity index (χ4n) is 2.72. The van der Waals surface area contributed by atoms with Gasteiger partial charge < -0.3 is 9.64 Å². The highest BCUT2D eigenvalue weighted by molar-refractivity contribution is 6.75. The summed E-state index contributed by atoms with van der Waals surface area (Å²) in [6, 6.07) is 13.8. The van der Waals surface area contributed by atoms with Crippen LogP contribution in [0.1, 0.15) is 23.6 Å². The van der Waals surface area contributed by atoms with Crippen molar-refractivity contribution in [2.75, 3.05) is 13.6 Å². The smallest absolute Gasteiger partial charge is 0.130 e. The molecule has 0 bridgehead atoms. The van der Waals surface area contributed by atoms with Gasteiger partial charge in [-0.15, -0.1) is 0 Å². The van der Waals surface area contributed by atoms with Gasteiger partial charge in [-0.3, -0.25) is 0 Å². The second-order valence-electron chi connectivity index (χ2n) is 8.21. The predicted molar refractivity (Wildman–Crippen MR) is 116 cm³/mol. The van der Waals surface area contributed by atoms with E-state index in [1.165, 1.54) is 11.6 Å². The third kappa shape index (κ3) is 6.02. The molecule has 4 heteroatoms. The van der Waals surface area contributed by atoms with Crippen molar-refractivity contribution in [3.8, 4) is 11.5 Å². The molecule has 0 radical (unpaired) electrons. The van der Waals surface area contributed by atoms with Gasteiger partial charge in [0, 0.05) is 21.7 Å². The lowest BCUT2D eigenvalue weighted by Gasteiger charge is -2.17. The Kier molecular flexibility index (Phi) is 6.65. The highest BCUT2D eigenvalue weighted by Gasteiger charge is 2.14. The minimum absolute atomic E-state index is 0.899. The third-order valence-electron chi connectivity index (χ3n) is 4.25. The summed E-state index contributed by atoms with van der Waals surface area (Å²) in [6.45, 7) is 14.4. The molecule has 0 aliphatic rings. The fraction of sp³-hybridized carbons (Fsp3) is 0.409. The molecule has 2 rings (SSSR count). The molecular formula is C22H32N2OSi. The van der Waals surface area contributed by atoms with Gasteiger partial charge in [-0.2, -0.15) is 0 Å². The summed E-state index contributed by atoms with van der Waals surface area (Å²) in [5, 5.41) is 0. The summed E-state index contributed by atoms with van der Waals surface area (Å²) in [7, 11) is 0.887. The molecule has 3 nitrogen and oxygen atoms in total. The van der Waals surface area contributed by atoms with Crippen molar-refractivity contribution in [3.05, 3.63) is 53.1 Å². The van der Waals surface area contributed by atoms with Crippen LogP contribution in [0.25, 0.3) is 0 Å². The van der Waals surface area contributed by atoms with Crippen LogP contribution in [0, 0.1) is 13.8 Å². The van der Waals surface area contributed by atoms with E-state index in [0.29, 0.717) is 0 Å². The van der Waals surface area contributed by atoms with Gasteiger partial charge in [-0.25, -0.2) is 4.99 Å². The van der Waals surface area contributed by atoms with E-state index in [4.69, 9.17) is 4.74 Å². The Labute approximate surface area is 159 Å². The van der Waals surface area contributed by atoms with E-state index in [1.807, 2.05) is 19.5 Å². The Balaban J connectivity index is 2.21. The van der Waals surface area contributed by atoms with Gasteiger partial charge in [0.05, 0.1) is 12.0 Å². The van der Waals surface area contributed by atoms with Crippen molar-refractivity contribution in [1.82, 2.24) is 4.90 Å². The normalized spacial score (nSPS) is 11.8. The molecule has 0 unspecified atom stereocenters. The lowest BCUT2D eigenvalue weighted by molar-refractivity contribution is 0.478. The number of benzene rings is 2. The Morgan fingerprint density at radius 2 is 1.81 bits per heavy atom. The molecule has 0 aromatic heterocycles. The summed E-state index contributed by atoms with van der Waals surface area (Å²) >= 11 is 0. The standard InChI is InChI=1S/C22H32N2OSi/c1-8-24(4)16-23-21-12-18(3)22(13-17(21)2)25-20-11-9-10-19(14-20)15-26(5,6)7/h9-14,16H,8,15H2,1-7H3/b23-16-. The molecule has 2 aromatic carbocycles. The van der Waals surface area contributed by atoms with E-state index in [0.717, 1.165) is 34.9 Å². The zero-order valence-electron chi connectivity index (χ0n) is 17.3. The van der Waals surface area contributed by atoms with Gasteiger partial charge in [-0.1, -0.05) is 31.8 Å². The number of aryl methyl sites for hydroxylation is 2. The van der Waals surface area contributed by atoms with Crippen LogP contribution in [0.2, 0.25) is 19.6 Å². The first-order valence-corrected chi connectivity index (χ1v) is 13.0. The molecule has 0 spiro atoms. The minimum atomic E-state index is -1.14. The van der Waals surface area contributed by atoms with Crippen molar-refractivity contribution in [3.63, 3.8) is 0 Å². The molecular weight excluding hydrogens is 336 g/mol. The number of nitrogens with zero attached hydrogens (tertiary/aromatic N) is 2. The van der Waals surface area contributed by atoms with Crippen LogP contribution in [-0.4, -0.2) is 32.9 Å². The molecule has 140 valence electrons. The first-order chi connectivity index (χ1) is 12.2. The quantitative estimate of drug-likeness (QED) is 0.334. The second kappa shape index (κ2) is 8.54. The number of ether oxygens (including phenoxy) is 1. The number of aliphatic imine (C=N–C) groups is 1. The summed E-state index contributed by atoms with van der Waals surface area (Å²) in [6.07, 6.45) is 1.88. The van der Waals surface area contributed by atoms with Crippen LogP contribution in [0.3, 0.4) is 0 Å². The van der Waals surface area contributed by atoms with Crippen LogP contribution < -0.4 is 4.74 Å². The molecule has 0 atom stereocenters. The van der Waals surface area contributed by atoms with Crippen molar-refractivity contribution in [1.29, 1.82) is 0 Å². The highest BCUT2D eigenvalue weighted by Crippen LogP contribution is 2.32. The summed E-state index contributed by atoms with van der Waals surface area (Å²) in [4.78, 5) is 6.65. The van der Waals surface area contributed by atoms with Crippen molar-refractivity contribution in [2.45, 2.75) is 46.5 Å². The summed E-state index contributed by atoms with van der Waals surface area (Å²) < 4.78 is 6.20. The monoisotopic (exact) mass is 368 g/mol. The van der Waals surface area contributed by atoms with Gasteiger partial charge in [0.25, 0.3) is 0 Å². The Morgan fingerprint density at radius 1 is 1.08 bits per heavy atom. The van der Waals surface area contributed by atoms with E-state index >= 15 is 0 Å². The van der Waals surface area contributed by atoms with Crippen molar-refractivity contribution < 1.29 is 4.74 Å². The van der Waals surface area contributed by atoms with Crippen LogP contribution in [0.15, 0.2) is 41.4 Å². The van der Waals surface area contributed by atoms with Gasteiger partial charge in [0.2, 0.25) is 0 Å². The molecule has 0 fully saturated rings. The average molecular weight is 369 g/mol. The van der Waals surface area contributed by atoms with Gasteiger partial charge in [0.1, 0.15) is 11.5 Å². The van der Waals surface area contributed by atoms with E-state index in [-0.39, 0.29) is 0 Å². The molecule has 0 heterocycles. The van der Waals surface area contributed by atoms with E-state index < -0.39 is 8.07 Å². The first kappa shape index (κ1) is 20.2. The molecule has 2 aromatic rings. The highest BCUT2D eigenvalue weighted by atomic mass is 28.3. The van der Waals surface area contributed by atoms with Gasteiger partial charge in [0.15, 0.2) is 0 Å². The van der Waals surface area contributed by atoms with Crippen LogP contribution >= 0.6 is 0 Å². The maximum atomic E-state index is 6.20. The number of rotatable bonds is 7. The minimum Gasteiger partial charge on any atom is -0.457 e. The summed E-state index contributed by atoms with van der Waals surface area (Å²) in [5.74, 6) is 1.81. The summed E-state index contributed by atoms with van der Waals surface area (Å²) in [5.41, 5.74) is 4.56. The Morgan fingerprint density at radius 3 is 2.46 bits per heavy atom. The Bertz CT molecular complexity index is 778. The number of hydrogen-bond donors (Lipinski definition) is 0. The van der Waals surface area contributed by atoms with Gasteiger partial charge in [-0.05, 0) is 67.8 Å². The van der Waals surface area contributed by atoms with Crippen molar-refractivity contribution in [2.24, 2.45) is 4.99 Å². The predicted octanol–water partition coefficient (Wildman–Crippen LogP) is 6.13. The molecule has 0 aliphatic heterocycles. The lowest BCUT2D eigenvalue weighted by Crippen LogP contribution is -2.23. The molecule has 0 saturated heterocycles. The molecule has 0 amide bonds. The largest absolute Gasteiger partial charge is 0.457 e. The van der Waals surface area contributed by atoms with E-state index in [1.54, 1.807) is 0 Å². The lowest BCUT2D eigenvalue weighted by atomic mass is 10.1.